The Morgan fingerprint density at radius 1 is 1.48 bits per heavy atom. The maximum atomic E-state index is 12.3. The molecule has 3 rings (SSSR count). The second kappa shape index (κ2) is 6.20. The molecule has 1 amide bonds. The van der Waals surface area contributed by atoms with E-state index in [1.807, 2.05) is 11.8 Å². The molecule has 0 bridgehead atoms. The molecule has 5 nitrogen and oxygen atoms in total. The van der Waals surface area contributed by atoms with Gasteiger partial charge in [0.1, 0.15) is 6.26 Å². The first-order chi connectivity index (χ1) is 10.2. The van der Waals surface area contributed by atoms with Crippen LogP contribution in [0.4, 0.5) is 0 Å². The van der Waals surface area contributed by atoms with Crippen LogP contribution < -0.4 is 0 Å². The Hall–Kier alpha value is -1.33. The van der Waals surface area contributed by atoms with Gasteiger partial charge in [0.25, 0.3) is 5.91 Å². The lowest BCUT2D eigenvalue weighted by molar-refractivity contribution is -0.151. The predicted octanol–water partition coefficient (Wildman–Crippen LogP) is 2.47. The minimum absolute atomic E-state index is 0.0516. The predicted molar refractivity (Wildman–Crippen MR) is 77.2 cm³/mol. The quantitative estimate of drug-likeness (QED) is 0.859. The van der Waals surface area contributed by atoms with E-state index < -0.39 is 0 Å². The number of furan rings is 1. The maximum absolute atomic E-state index is 12.3. The van der Waals surface area contributed by atoms with Crippen molar-refractivity contribution in [3.8, 4) is 0 Å². The zero-order valence-corrected chi connectivity index (χ0v) is 12.5. The lowest BCUT2D eigenvalue weighted by Crippen LogP contribution is -2.52. The van der Waals surface area contributed by atoms with Crippen molar-refractivity contribution in [1.29, 1.82) is 0 Å². The van der Waals surface area contributed by atoms with E-state index in [-0.39, 0.29) is 11.5 Å². The molecule has 0 radical (unpaired) electrons. The third-order valence-electron chi connectivity index (χ3n) is 4.58. The van der Waals surface area contributed by atoms with Gasteiger partial charge in [-0.15, -0.1) is 0 Å². The van der Waals surface area contributed by atoms with E-state index in [1.54, 1.807) is 6.07 Å². The van der Waals surface area contributed by atoms with E-state index in [4.69, 9.17) is 13.9 Å². The average Bonchev–Trinajstić information content (AvgIpc) is 3.02. The highest BCUT2D eigenvalue weighted by molar-refractivity contribution is 5.93. The molecule has 2 aliphatic rings. The van der Waals surface area contributed by atoms with Crippen molar-refractivity contribution in [2.75, 3.05) is 26.3 Å². The minimum atomic E-state index is -0.0920. The first kappa shape index (κ1) is 14.6. The molecular formula is C16H23NO4. The van der Waals surface area contributed by atoms with Gasteiger partial charge in [-0.1, -0.05) is 0 Å². The van der Waals surface area contributed by atoms with Gasteiger partial charge >= 0.3 is 0 Å². The van der Waals surface area contributed by atoms with Crippen molar-refractivity contribution in [3.05, 3.63) is 24.2 Å². The monoisotopic (exact) mass is 293 g/mol. The number of hydrogen-bond acceptors (Lipinski definition) is 4. The zero-order chi connectivity index (χ0) is 14.7. The third-order valence-corrected chi connectivity index (χ3v) is 4.58. The molecule has 1 spiro atoms. The first-order valence-electron chi connectivity index (χ1n) is 7.79. The minimum Gasteiger partial charge on any atom is -0.472 e. The molecule has 116 valence electrons. The van der Waals surface area contributed by atoms with Gasteiger partial charge in [-0.05, 0) is 32.3 Å². The van der Waals surface area contributed by atoms with E-state index in [9.17, 15) is 4.79 Å². The molecule has 0 N–H and O–H groups in total. The summed E-state index contributed by atoms with van der Waals surface area (Å²) in [6.07, 6.45) is 7.06. The van der Waals surface area contributed by atoms with E-state index in [0.29, 0.717) is 11.7 Å². The van der Waals surface area contributed by atoms with Gasteiger partial charge in [-0.3, -0.25) is 4.79 Å². The van der Waals surface area contributed by atoms with Gasteiger partial charge in [0.05, 0.1) is 23.5 Å². The summed E-state index contributed by atoms with van der Waals surface area (Å²) < 4.78 is 16.8. The summed E-state index contributed by atoms with van der Waals surface area (Å²) in [4.78, 5) is 14.2. The van der Waals surface area contributed by atoms with Crippen molar-refractivity contribution < 1.29 is 18.7 Å². The summed E-state index contributed by atoms with van der Waals surface area (Å²) in [5, 5.41) is 0. The number of piperidine rings is 1. The fourth-order valence-electron chi connectivity index (χ4n) is 3.40. The molecule has 3 heterocycles. The van der Waals surface area contributed by atoms with Gasteiger partial charge in [0.2, 0.25) is 0 Å². The number of nitrogens with zero attached hydrogens (tertiary/aromatic N) is 1. The number of likely N-dealkylation sites (tertiary alicyclic amines) is 1. The second-order valence-corrected chi connectivity index (χ2v) is 5.91. The van der Waals surface area contributed by atoms with Gasteiger partial charge in [0.15, 0.2) is 0 Å². The van der Waals surface area contributed by atoms with Crippen LogP contribution in [0.15, 0.2) is 23.0 Å². The molecule has 21 heavy (non-hydrogen) atoms. The van der Waals surface area contributed by atoms with Gasteiger partial charge in [0, 0.05) is 32.7 Å². The molecule has 1 aromatic rings. The molecule has 2 saturated heterocycles. The number of carbonyl (C=O) groups excluding carboxylic acids is 1. The molecule has 5 heteroatoms. The maximum Gasteiger partial charge on any atom is 0.257 e. The zero-order valence-electron chi connectivity index (χ0n) is 12.5. The first-order valence-corrected chi connectivity index (χ1v) is 7.79. The smallest absolute Gasteiger partial charge is 0.257 e. The lowest BCUT2D eigenvalue weighted by atomic mass is 9.83. The Labute approximate surface area is 125 Å². The van der Waals surface area contributed by atoms with Crippen molar-refractivity contribution >= 4 is 5.91 Å². The molecule has 1 unspecified atom stereocenters. The second-order valence-electron chi connectivity index (χ2n) is 5.91. The molecule has 0 saturated carbocycles. The Bertz CT molecular complexity index is 461. The highest BCUT2D eigenvalue weighted by Gasteiger charge is 2.41. The van der Waals surface area contributed by atoms with Crippen molar-refractivity contribution in [2.45, 2.75) is 44.3 Å². The number of carbonyl (C=O) groups is 1. The fraction of sp³-hybridized carbons (Fsp3) is 0.688. The Morgan fingerprint density at radius 2 is 2.29 bits per heavy atom. The summed E-state index contributed by atoms with van der Waals surface area (Å²) in [5.74, 6) is 0.0516. The van der Waals surface area contributed by atoms with Crippen LogP contribution in [-0.2, 0) is 9.47 Å². The summed E-state index contributed by atoms with van der Waals surface area (Å²) >= 11 is 0. The van der Waals surface area contributed by atoms with Crippen molar-refractivity contribution in [1.82, 2.24) is 4.90 Å². The molecule has 2 aliphatic heterocycles. The Balaban J connectivity index is 1.58. The van der Waals surface area contributed by atoms with Crippen LogP contribution in [0.2, 0.25) is 0 Å². The SMILES string of the molecule is CCOC1CCOC2(CCN(C(=O)c3ccoc3)CC2)C1. The van der Waals surface area contributed by atoms with Crippen LogP contribution in [0.25, 0.3) is 0 Å². The molecule has 1 atom stereocenters. The summed E-state index contributed by atoms with van der Waals surface area (Å²) in [6, 6.07) is 1.72. The number of amides is 1. The van der Waals surface area contributed by atoms with Crippen molar-refractivity contribution in [2.24, 2.45) is 0 Å². The van der Waals surface area contributed by atoms with Crippen LogP contribution >= 0.6 is 0 Å². The standard InChI is InChI=1S/C16H23NO4/c1-2-20-14-4-10-21-16(11-14)5-7-17(8-6-16)15(18)13-3-9-19-12-13/h3,9,12,14H,2,4-8,10-11H2,1H3. The highest BCUT2D eigenvalue weighted by Crippen LogP contribution is 2.36. The van der Waals surface area contributed by atoms with Crippen LogP contribution in [0.3, 0.4) is 0 Å². The molecule has 2 fully saturated rings. The van der Waals surface area contributed by atoms with Crippen LogP contribution in [0.1, 0.15) is 43.0 Å². The highest BCUT2D eigenvalue weighted by atomic mass is 16.5. The van der Waals surface area contributed by atoms with Gasteiger partial charge in [-0.2, -0.15) is 0 Å². The van der Waals surface area contributed by atoms with Crippen LogP contribution in [0.5, 0.6) is 0 Å². The lowest BCUT2D eigenvalue weighted by Gasteiger charge is -2.46. The van der Waals surface area contributed by atoms with Crippen LogP contribution in [0, 0.1) is 0 Å². The topological polar surface area (TPSA) is 51.9 Å². The number of ether oxygens (including phenoxy) is 2. The van der Waals surface area contributed by atoms with E-state index in [1.165, 1.54) is 12.5 Å². The van der Waals surface area contributed by atoms with Crippen molar-refractivity contribution in [3.63, 3.8) is 0 Å². The summed E-state index contributed by atoms with van der Waals surface area (Å²) in [6.45, 7) is 5.03. The Kier molecular flexibility index (Phi) is 4.31. The number of rotatable bonds is 3. The van der Waals surface area contributed by atoms with E-state index in [2.05, 4.69) is 0 Å². The normalized spacial score (nSPS) is 25.2. The third kappa shape index (κ3) is 3.14. The van der Waals surface area contributed by atoms with Crippen LogP contribution in [-0.4, -0.2) is 48.8 Å². The summed E-state index contributed by atoms with van der Waals surface area (Å²) in [5.41, 5.74) is 0.536. The molecule has 0 aromatic carbocycles. The van der Waals surface area contributed by atoms with E-state index in [0.717, 1.165) is 52.0 Å². The molecule has 1 aromatic heterocycles. The molecular weight excluding hydrogens is 270 g/mol. The largest absolute Gasteiger partial charge is 0.472 e. The fourth-order valence-corrected chi connectivity index (χ4v) is 3.40. The molecule has 0 aliphatic carbocycles. The van der Waals surface area contributed by atoms with Gasteiger partial charge < -0.3 is 18.8 Å². The van der Waals surface area contributed by atoms with Gasteiger partial charge in [-0.25, -0.2) is 0 Å². The van der Waals surface area contributed by atoms with E-state index >= 15 is 0 Å². The average molecular weight is 293 g/mol. The summed E-state index contributed by atoms with van der Waals surface area (Å²) in [7, 11) is 0. The number of hydrogen-bond donors (Lipinski definition) is 0. The Morgan fingerprint density at radius 3 is 2.95 bits per heavy atom.